The van der Waals surface area contributed by atoms with E-state index in [1.54, 1.807) is 12.1 Å². The highest BCUT2D eigenvalue weighted by molar-refractivity contribution is 6.28. The second kappa shape index (κ2) is 18.1. The number of hydrogen-bond acceptors (Lipinski definition) is 2. The van der Waals surface area contributed by atoms with E-state index in [0.717, 1.165) is 33.4 Å². The van der Waals surface area contributed by atoms with Crippen molar-refractivity contribution >= 4 is 66.4 Å². The van der Waals surface area contributed by atoms with E-state index in [2.05, 4.69) is 0 Å². The van der Waals surface area contributed by atoms with Gasteiger partial charge < -0.3 is 9.80 Å². The van der Waals surface area contributed by atoms with Crippen LogP contribution in [0.5, 0.6) is 0 Å². The van der Waals surface area contributed by atoms with Crippen molar-refractivity contribution in [3.63, 3.8) is 0 Å². The Morgan fingerprint density at radius 1 is 0.347 bits per heavy atom. The van der Waals surface area contributed by atoms with Crippen LogP contribution in [0.4, 0.5) is 42.9 Å². The molecule has 0 saturated heterocycles. The lowest BCUT2D eigenvalue weighted by molar-refractivity contribution is 0.629. The first-order valence-electron chi connectivity index (χ1n) is 28.7. The first kappa shape index (κ1) is 34.4. The normalized spacial score (nSPS) is 13.4. The number of nitrogens with zero attached hydrogens (tertiary/aromatic N) is 2. The minimum atomic E-state index is -0.729. The van der Waals surface area contributed by atoms with Crippen molar-refractivity contribution in [3.05, 3.63) is 264 Å². The van der Waals surface area contributed by atoms with Crippen molar-refractivity contribution in [2.45, 2.75) is 27.7 Å². The molecule has 0 radical (unpaired) electrons. The summed E-state index contributed by atoms with van der Waals surface area (Å²) in [4.78, 5) is 2.87. The minimum absolute atomic E-state index is 0.0680. The zero-order valence-corrected chi connectivity index (χ0v) is 39.8. The van der Waals surface area contributed by atoms with Gasteiger partial charge in [0.1, 0.15) is 11.6 Å². The van der Waals surface area contributed by atoms with Crippen LogP contribution in [0, 0.1) is 39.3 Å². The molecule has 0 aliphatic carbocycles. The summed E-state index contributed by atoms with van der Waals surface area (Å²) in [5.74, 6) is -1.46. The van der Waals surface area contributed by atoms with Gasteiger partial charge in [0.25, 0.3) is 0 Å². The average molecular weight is 943 g/mol. The third kappa shape index (κ3) is 7.55. The molecule has 12 rings (SSSR count). The predicted molar refractivity (Wildman–Crippen MR) is 300 cm³/mol. The van der Waals surface area contributed by atoms with E-state index in [1.165, 1.54) is 21.9 Å². The molecule has 0 N–H and O–H groups in total. The summed E-state index contributed by atoms with van der Waals surface area (Å²) >= 11 is 0. The highest BCUT2D eigenvalue weighted by Gasteiger charge is 2.29. The van der Waals surface area contributed by atoms with Crippen molar-refractivity contribution in [1.29, 1.82) is 0 Å². The summed E-state index contributed by atoms with van der Waals surface area (Å²) in [7, 11) is 0. The molecule has 0 aliphatic heterocycles. The smallest absolute Gasteiger partial charge is 0.148 e. The molecule has 0 fully saturated rings. The molecular formula is C68H50F2N2. The second-order valence-corrected chi connectivity index (χ2v) is 18.2. The Kier molecular flexibility index (Phi) is 8.68. The fourth-order valence-corrected chi connectivity index (χ4v) is 10.5. The SMILES string of the molecule is [2H]c1c([2H])c([2H])c(N(c2c(F)cc(-c3ccccc3C)cc2-c2ccccc2C)c2ccc3ccc4c(N(c5c(F)cc(-c6ccccc6C)cc5-c5ccccc5C)c5c([2H])c([2H])c([2H])c([2H])c5[2H])ccc5ccc2c3c54)c([2H])c1[2H]. The Balaban J connectivity index is 1.20. The van der Waals surface area contributed by atoms with Crippen LogP contribution in [-0.4, -0.2) is 0 Å². The van der Waals surface area contributed by atoms with Crippen molar-refractivity contribution in [1.82, 2.24) is 0 Å². The monoisotopic (exact) mass is 942 g/mol. The molecule has 0 aromatic heterocycles. The number of benzene rings is 12. The molecule has 0 unspecified atom stereocenters. The van der Waals surface area contributed by atoms with Crippen LogP contribution in [0.15, 0.2) is 230 Å². The quantitative estimate of drug-likeness (QED) is 0.126. The van der Waals surface area contributed by atoms with Gasteiger partial charge in [-0.1, -0.05) is 170 Å². The first-order valence-corrected chi connectivity index (χ1v) is 23.7. The maximum atomic E-state index is 18.3. The van der Waals surface area contributed by atoms with Gasteiger partial charge in [0.15, 0.2) is 0 Å². The fraction of sp³-hybridized carbons (Fsp3) is 0.0588. The molecule has 0 heterocycles. The molecule has 0 aliphatic rings. The lowest BCUT2D eigenvalue weighted by atomic mass is 9.90. The van der Waals surface area contributed by atoms with E-state index >= 15 is 8.78 Å². The van der Waals surface area contributed by atoms with Gasteiger partial charge in [-0.25, -0.2) is 8.78 Å². The molecule has 0 atom stereocenters. The molecule has 0 spiro atoms. The third-order valence-electron chi connectivity index (χ3n) is 13.9. The molecule has 4 heteroatoms. The Morgan fingerprint density at radius 3 is 1.04 bits per heavy atom. The van der Waals surface area contributed by atoms with Gasteiger partial charge in [-0.2, -0.15) is 0 Å². The van der Waals surface area contributed by atoms with Crippen LogP contribution in [0.3, 0.4) is 0 Å². The van der Waals surface area contributed by atoms with Crippen molar-refractivity contribution in [2.24, 2.45) is 0 Å². The maximum absolute atomic E-state index is 18.3. The minimum Gasteiger partial charge on any atom is -0.307 e. The first-order chi connectivity index (χ1) is 39.4. The maximum Gasteiger partial charge on any atom is 0.148 e. The Morgan fingerprint density at radius 2 is 0.681 bits per heavy atom. The lowest BCUT2D eigenvalue weighted by Crippen LogP contribution is -2.15. The molecule has 12 aromatic rings. The summed E-state index contributed by atoms with van der Waals surface area (Å²) < 4.78 is 128. The number of hydrogen-bond donors (Lipinski definition) is 0. The van der Waals surface area contributed by atoms with Crippen molar-refractivity contribution in [3.8, 4) is 44.5 Å². The van der Waals surface area contributed by atoms with E-state index in [-0.39, 0.29) is 34.1 Å². The number of aryl methyl sites for hydroxylation is 4. The molecule has 0 bridgehead atoms. The van der Waals surface area contributed by atoms with Crippen LogP contribution in [0.1, 0.15) is 36.0 Å². The fourth-order valence-electron chi connectivity index (χ4n) is 10.5. The van der Waals surface area contributed by atoms with E-state index < -0.39 is 72.1 Å². The molecule has 0 saturated carbocycles. The number of halogens is 2. The summed E-state index contributed by atoms with van der Waals surface area (Å²) in [6, 6.07) is 45.4. The van der Waals surface area contributed by atoms with Gasteiger partial charge in [-0.3, -0.25) is 0 Å². The third-order valence-corrected chi connectivity index (χ3v) is 13.9. The highest BCUT2D eigenvalue weighted by atomic mass is 19.1. The summed E-state index contributed by atoms with van der Waals surface area (Å²) in [6.07, 6.45) is 0. The van der Waals surface area contributed by atoms with Crippen LogP contribution >= 0.6 is 0 Å². The van der Waals surface area contributed by atoms with Crippen LogP contribution in [0.25, 0.3) is 76.8 Å². The number of anilines is 6. The Labute approximate surface area is 433 Å². The summed E-state index contributed by atoms with van der Waals surface area (Å²) in [5, 5.41) is 3.59. The molecule has 0 amide bonds. The van der Waals surface area contributed by atoms with Gasteiger partial charge in [-0.05, 0) is 165 Å². The molecular weight excluding hydrogens is 883 g/mol. The lowest BCUT2D eigenvalue weighted by Gasteiger charge is -2.32. The largest absolute Gasteiger partial charge is 0.307 e. The summed E-state index contributed by atoms with van der Waals surface area (Å²) in [6.45, 7) is 7.69. The van der Waals surface area contributed by atoms with E-state index in [1.807, 2.05) is 173 Å². The van der Waals surface area contributed by atoms with Gasteiger partial charge in [0.05, 0.1) is 36.5 Å². The van der Waals surface area contributed by atoms with E-state index in [9.17, 15) is 5.48 Å². The van der Waals surface area contributed by atoms with Gasteiger partial charge >= 0.3 is 0 Å². The molecule has 12 aromatic carbocycles. The topological polar surface area (TPSA) is 6.48 Å². The van der Waals surface area contributed by atoms with E-state index in [0.29, 0.717) is 65.7 Å². The van der Waals surface area contributed by atoms with Gasteiger partial charge in [-0.15, -0.1) is 0 Å². The van der Waals surface area contributed by atoms with Crippen molar-refractivity contribution in [2.75, 3.05) is 9.80 Å². The highest BCUT2D eigenvalue weighted by Crippen LogP contribution is 2.52. The Hall–Kier alpha value is -8.86. The molecule has 72 heavy (non-hydrogen) atoms. The number of rotatable bonds is 10. The second-order valence-electron chi connectivity index (χ2n) is 18.2. The van der Waals surface area contributed by atoms with E-state index in [4.69, 9.17) is 8.22 Å². The molecule has 346 valence electrons. The van der Waals surface area contributed by atoms with Gasteiger partial charge in [0, 0.05) is 33.3 Å². The summed E-state index contributed by atoms with van der Waals surface area (Å²) in [5.41, 5.74) is 7.97. The van der Waals surface area contributed by atoms with Crippen LogP contribution in [-0.2, 0) is 0 Å². The molecule has 2 nitrogen and oxygen atoms in total. The average Bonchev–Trinajstić information content (AvgIpc) is 1.82. The van der Waals surface area contributed by atoms with Crippen LogP contribution in [0.2, 0.25) is 0 Å². The Bertz CT molecular complexity index is 4290. The predicted octanol–water partition coefficient (Wildman–Crippen LogP) is 19.7. The van der Waals surface area contributed by atoms with Crippen LogP contribution < -0.4 is 9.80 Å². The van der Waals surface area contributed by atoms with Crippen molar-refractivity contribution < 1.29 is 22.5 Å². The van der Waals surface area contributed by atoms with Gasteiger partial charge in [0.2, 0.25) is 0 Å². The standard InChI is InChI=1S/C68H50F2N2/c1-43-19-11-15-27-53(43)49-39-59(55-29-17-13-21-45(55)3)67(61(69)41-49)71(51-23-7-5-8-24-51)63-37-33-47-32-36-58-64(38-34-48-31-35-57(63)65(47)66(48)58)72(52-25-9-6-10-26-52)68-60(56-30-18-14-22-46(56)4)40-50(42-62(68)70)54-28-16-12-20-44(54)2/h5-42H,1-4H3/i5D,6D,7D,8D,9D,10D,23D,24D,25D,26D. The zero-order chi connectivity index (χ0) is 57.7. The number of para-hydroxylation sites is 2. The zero-order valence-electron chi connectivity index (χ0n) is 49.8.